The minimum Gasteiger partial charge on any atom is -0.497 e. The number of hydrogen-bond acceptors (Lipinski definition) is 4. The normalized spacial score (nSPS) is 11.2. The molecule has 0 aliphatic rings. The molecule has 0 bridgehead atoms. The molecular formula is C24H33IN4O3. The Balaban J connectivity index is 0.00000363. The molecular weight excluding hydrogens is 519 g/mol. The average molecular weight is 552 g/mol. The van der Waals surface area contributed by atoms with E-state index >= 15 is 0 Å². The fraction of sp³-hybridized carbons (Fsp3) is 0.375. The zero-order chi connectivity index (χ0) is 21.9. The summed E-state index contributed by atoms with van der Waals surface area (Å²) in [6, 6.07) is 16.2. The number of aliphatic imine (C=N–C) groups is 1. The zero-order valence-electron chi connectivity index (χ0n) is 18.9. The Kier molecular flexibility index (Phi) is 11.2. The maximum Gasteiger partial charge on any atom is 0.191 e. The van der Waals surface area contributed by atoms with Gasteiger partial charge in [-0.2, -0.15) is 0 Å². The molecule has 0 fully saturated rings. The van der Waals surface area contributed by atoms with E-state index in [1.165, 1.54) is 11.3 Å². The van der Waals surface area contributed by atoms with E-state index in [1.54, 1.807) is 21.3 Å². The highest BCUT2D eigenvalue weighted by Gasteiger charge is 2.09. The van der Waals surface area contributed by atoms with Crippen molar-refractivity contribution in [3.8, 4) is 11.5 Å². The first-order chi connectivity index (χ1) is 15.2. The van der Waals surface area contributed by atoms with Crippen molar-refractivity contribution in [2.45, 2.75) is 19.4 Å². The molecule has 0 saturated heterocycles. The lowest BCUT2D eigenvalue weighted by Gasteiger charge is -2.12. The summed E-state index contributed by atoms with van der Waals surface area (Å²) in [5, 5.41) is 7.70. The van der Waals surface area contributed by atoms with Crippen molar-refractivity contribution in [2.75, 3.05) is 41.0 Å². The van der Waals surface area contributed by atoms with Crippen molar-refractivity contribution in [2.24, 2.45) is 4.99 Å². The third-order valence-corrected chi connectivity index (χ3v) is 4.97. The van der Waals surface area contributed by atoms with Gasteiger partial charge in [-0.05, 0) is 24.5 Å². The minimum absolute atomic E-state index is 0. The summed E-state index contributed by atoms with van der Waals surface area (Å²) >= 11 is 0. The number of nitrogens with zero attached hydrogens (tertiary/aromatic N) is 1. The third kappa shape index (κ3) is 7.59. The number of aromatic amines is 1. The van der Waals surface area contributed by atoms with Crippen LogP contribution < -0.4 is 20.1 Å². The highest BCUT2D eigenvalue weighted by molar-refractivity contribution is 14.0. The summed E-state index contributed by atoms with van der Waals surface area (Å²) in [4.78, 5) is 7.72. The van der Waals surface area contributed by atoms with Crippen LogP contribution in [0.3, 0.4) is 0 Å². The quantitative estimate of drug-likeness (QED) is 0.144. The second-order valence-corrected chi connectivity index (χ2v) is 7.15. The van der Waals surface area contributed by atoms with Crippen LogP contribution in [-0.2, 0) is 17.8 Å². The predicted molar refractivity (Wildman–Crippen MR) is 141 cm³/mol. The molecule has 32 heavy (non-hydrogen) atoms. The number of ether oxygens (including phenoxy) is 3. The molecule has 2 aromatic carbocycles. The minimum atomic E-state index is 0. The lowest BCUT2D eigenvalue weighted by molar-refractivity contribution is 0.125. The van der Waals surface area contributed by atoms with Crippen LogP contribution >= 0.6 is 24.0 Å². The van der Waals surface area contributed by atoms with Crippen molar-refractivity contribution in [3.63, 3.8) is 0 Å². The lowest BCUT2D eigenvalue weighted by Crippen LogP contribution is -2.39. The molecule has 1 heterocycles. The number of nitrogens with one attached hydrogen (secondary N) is 3. The number of benzene rings is 2. The van der Waals surface area contributed by atoms with Gasteiger partial charge in [0.15, 0.2) is 5.96 Å². The number of aryl methyl sites for hydroxylation is 1. The Morgan fingerprint density at radius 2 is 1.78 bits per heavy atom. The molecule has 0 saturated carbocycles. The average Bonchev–Trinajstić information content (AvgIpc) is 3.23. The van der Waals surface area contributed by atoms with Crippen LogP contribution in [0.1, 0.15) is 17.7 Å². The molecule has 0 spiro atoms. The van der Waals surface area contributed by atoms with Gasteiger partial charge < -0.3 is 29.8 Å². The van der Waals surface area contributed by atoms with Gasteiger partial charge in [0.25, 0.3) is 0 Å². The van der Waals surface area contributed by atoms with Crippen LogP contribution in [0.4, 0.5) is 0 Å². The standard InChI is InChI=1S/C24H32N4O3.HI/c1-25-24(27-12-13-31-17-18-8-5-4-6-9-18)26-11-7-10-19-14-21-22(28-19)15-20(29-2)16-23(21)30-3;/h4-6,8-9,14-16,28H,7,10-13,17H2,1-3H3,(H2,25,26,27);1H. The molecule has 7 nitrogen and oxygen atoms in total. The van der Waals surface area contributed by atoms with E-state index in [9.17, 15) is 0 Å². The van der Waals surface area contributed by atoms with Gasteiger partial charge in [0.1, 0.15) is 11.5 Å². The van der Waals surface area contributed by atoms with E-state index in [1.807, 2.05) is 30.3 Å². The number of rotatable bonds is 11. The summed E-state index contributed by atoms with van der Waals surface area (Å²) in [5.41, 5.74) is 3.37. The van der Waals surface area contributed by atoms with E-state index in [0.29, 0.717) is 19.8 Å². The topological polar surface area (TPSA) is 79.9 Å². The SMILES string of the molecule is CN=C(NCCCc1cc2c(OC)cc(OC)cc2[nH]1)NCCOCc1ccccc1.I. The molecule has 0 radical (unpaired) electrons. The molecule has 8 heteroatoms. The van der Waals surface area contributed by atoms with E-state index in [2.05, 4.69) is 38.8 Å². The maximum atomic E-state index is 5.69. The number of halogens is 1. The number of H-pyrrole nitrogens is 1. The summed E-state index contributed by atoms with van der Waals surface area (Å²) < 4.78 is 16.5. The van der Waals surface area contributed by atoms with E-state index < -0.39 is 0 Å². The monoisotopic (exact) mass is 552 g/mol. The highest BCUT2D eigenvalue weighted by Crippen LogP contribution is 2.31. The molecule has 0 aliphatic heterocycles. The summed E-state index contributed by atoms with van der Waals surface area (Å²) in [6.45, 7) is 2.77. The Bertz CT molecular complexity index is 976. The van der Waals surface area contributed by atoms with E-state index in [0.717, 1.165) is 47.7 Å². The zero-order valence-corrected chi connectivity index (χ0v) is 21.3. The summed E-state index contributed by atoms with van der Waals surface area (Å²) in [6.07, 6.45) is 1.89. The summed E-state index contributed by atoms with van der Waals surface area (Å²) in [7, 11) is 5.11. The van der Waals surface area contributed by atoms with Gasteiger partial charge in [-0.15, -0.1) is 24.0 Å². The second kappa shape index (κ2) is 13.8. The Morgan fingerprint density at radius 3 is 2.50 bits per heavy atom. The number of guanidine groups is 1. The van der Waals surface area contributed by atoms with Crippen molar-refractivity contribution >= 4 is 40.8 Å². The molecule has 0 unspecified atom stereocenters. The fourth-order valence-electron chi connectivity index (χ4n) is 3.37. The fourth-order valence-corrected chi connectivity index (χ4v) is 3.37. The van der Waals surface area contributed by atoms with Gasteiger partial charge in [-0.1, -0.05) is 30.3 Å². The molecule has 3 aromatic rings. The van der Waals surface area contributed by atoms with Crippen molar-refractivity contribution in [1.82, 2.24) is 15.6 Å². The third-order valence-electron chi connectivity index (χ3n) is 4.97. The first-order valence-corrected chi connectivity index (χ1v) is 10.5. The number of aromatic nitrogens is 1. The molecule has 3 rings (SSSR count). The maximum absolute atomic E-state index is 5.69. The summed E-state index contributed by atoms with van der Waals surface area (Å²) in [5.74, 6) is 2.38. The van der Waals surface area contributed by atoms with Crippen LogP contribution in [0, 0.1) is 0 Å². The van der Waals surface area contributed by atoms with Crippen molar-refractivity contribution < 1.29 is 14.2 Å². The molecule has 1 aromatic heterocycles. The van der Waals surface area contributed by atoms with Crippen molar-refractivity contribution in [3.05, 3.63) is 59.8 Å². The number of fused-ring (bicyclic) bond motifs is 1. The second-order valence-electron chi connectivity index (χ2n) is 7.15. The highest BCUT2D eigenvalue weighted by atomic mass is 127. The molecule has 0 atom stereocenters. The van der Waals surface area contributed by atoms with Crippen LogP contribution in [0.25, 0.3) is 10.9 Å². The van der Waals surface area contributed by atoms with E-state index in [-0.39, 0.29) is 24.0 Å². The van der Waals surface area contributed by atoms with Crippen LogP contribution in [0.15, 0.2) is 53.5 Å². The van der Waals surface area contributed by atoms with Gasteiger partial charge in [0.2, 0.25) is 0 Å². The van der Waals surface area contributed by atoms with Gasteiger partial charge >= 0.3 is 0 Å². The Labute approximate surface area is 207 Å². The Hall–Kier alpha value is -2.46. The first-order valence-electron chi connectivity index (χ1n) is 10.5. The number of hydrogen-bond donors (Lipinski definition) is 3. The van der Waals surface area contributed by atoms with Crippen molar-refractivity contribution in [1.29, 1.82) is 0 Å². The first kappa shape index (κ1) is 25.8. The van der Waals surface area contributed by atoms with Gasteiger partial charge in [-0.3, -0.25) is 4.99 Å². The molecule has 0 amide bonds. The molecule has 174 valence electrons. The lowest BCUT2D eigenvalue weighted by atomic mass is 10.2. The van der Waals surface area contributed by atoms with Crippen LogP contribution in [0.2, 0.25) is 0 Å². The number of methoxy groups -OCH3 is 2. The van der Waals surface area contributed by atoms with Gasteiger partial charge in [-0.25, -0.2) is 0 Å². The van der Waals surface area contributed by atoms with Gasteiger partial charge in [0, 0.05) is 43.4 Å². The van der Waals surface area contributed by atoms with Crippen LogP contribution in [0.5, 0.6) is 11.5 Å². The molecule has 3 N–H and O–H groups in total. The molecule has 0 aliphatic carbocycles. The van der Waals surface area contributed by atoms with Crippen LogP contribution in [-0.4, -0.2) is 51.9 Å². The Morgan fingerprint density at radius 1 is 1.00 bits per heavy atom. The smallest absolute Gasteiger partial charge is 0.191 e. The largest absolute Gasteiger partial charge is 0.497 e. The van der Waals surface area contributed by atoms with E-state index in [4.69, 9.17) is 14.2 Å². The van der Waals surface area contributed by atoms with Gasteiger partial charge in [0.05, 0.1) is 33.0 Å². The predicted octanol–water partition coefficient (Wildman–Crippen LogP) is 4.12.